The fourth-order valence-electron chi connectivity index (χ4n) is 5.56. The Hall–Kier alpha value is -4.21. The lowest BCUT2D eigenvalue weighted by molar-refractivity contribution is -0.112. The first-order chi connectivity index (χ1) is 20.6. The molecular weight excluding hydrogens is 552 g/mol. The van der Waals surface area contributed by atoms with Gasteiger partial charge in [-0.1, -0.05) is 30.2 Å². The molecule has 9 nitrogen and oxygen atoms in total. The second kappa shape index (κ2) is 12.8. The largest absolute Gasteiger partial charge is 0.494 e. The number of rotatable bonds is 10. The van der Waals surface area contributed by atoms with Crippen molar-refractivity contribution in [2.24, 2.45) is 0 Å². The topological polar surface area (TPSA) is 102 Å². The number of benzene rings is 2. The normalized spacial score (nSPS) is 17.3. The third-order valence-corrected chi connectivity index (χ3v) is 8.17. The zero-order valence-electron chi connectivity index (χ0n) is 23.4. The van der Waals surface area contributed by atoms with Crippen LogP contribution < -0.4 is 20.1 Å². The number of fused-ring (bicyclic) bond motifs is 1. The van der Waals surface area contributed by atoms with Crippen LogP contribution in [0.4, 0.5) is 17.2 Å². The van der Waals surface area contributed by atoms with Gasteiger partial charge in [0.15, 0.2) is 5.75 Å². The van der Waals surface area contributed by atoms with Crippen LogP contribution in [0.5, 0.6) is 11.5 Å². The number of likely N-dealkylation sites (tertiary alicyclic amines) is 1. The molecule has 216 valence electrons. The van der Waals surface area contributed by atoms with Gasteiger partial charge in [0.1, 0.15) is 24.5 Å². The highest BCUT2D eigenvalue weighted by atomic mass is 35.5. The molecule has 1 unspecified atom stereocenters. The fraction of sp³-hybridized carbons (Fsp3) is 0.312. The van der Waals surface area contributed by atoms with Crippen molar-refractivity contribution < 1.29 is 14.3 Å². The number of ether oxygens (including phenoxy) is 2. The molecule has 10 heteroatoms. The number of hydrogen-bond acceptors (Lipinski definition) is 8. The van der Waals surface area contributed by atoms with Crippen LogP contribution in [0.3, 0.4) is 0 Å². The van der Waals surface area contributed by atoms with Crippen LogP contribution >= 0.6 is 11.6 Å². The lowest BCUT2D eigenvalue weighted by Gasteiger charge is -2.37. The first kappa shape index (κ1) is 27.9. The Balaban J connectivity index is 1.18. The van der Waals surface area contributed by atoms with E-state index in [-0.39, 0.29) is 5.91 Å². The summed E-state index contributed by atoms with van der Waals surface area (Å²) >= 11 is 6.54. The van der Waals surface area contributed by atoms with E-state index >= 15 is 0 Å². The Morgan fingerprint density at radius 3 is 2.76 bits per heavy atom. The van der Waals surface area contributed by atoms with Crippen molar-refractivity contribution in [3.8, 4) is 11.5 Å². The van der Waals surface area contributed by atoms with E-state index in [9.17, 15) is 4.79 Å². The summed E-state index contributed by atoms with van der Waals surface area (Å²) in [5.74, 6) is 1.33. The quantitative estimate of drug-likeness (QED) is 0.203. The molecule has 4 aromatic rings. The van der Waals surface area contributed by atoms with E-state index in [1.54, 1.807) is 37.6 Å². The Morgan fingerprint density at radius 2 is 2.00 bits per heavy atom. The number of hydrogen-bond donors (Lipinski definition) is 2. The van der Waals surface area contributed by atoms with E-state index in [0.717, 1.165) is 18.7 Å². The zero-order valence-corrected chi connectivity index (χ0v) is 24.2. The SMILES string of the molecule is COc1c(NC(=O)C=CC2CCCN2C2CCC2)ccc2ncnc(Nc3ccc(OCc4ccccn4)c(Cl)c3)c12. The number of aromatic nitrogens is 3. The van der Waals surface area contributed by atoms with Gasteiger partial charge >= 0.3 is 0 Å². The number of carbonyl (C=O) groups excluding carboxylic acids is 1. The van der Waals surface area contributed by atoms with Crippen molar-refractivity contribution in [1.29, 1.82) is 0 Å². The molecule has 0 radical (unpaired) electrons. The average molecular weight is 585 g/mol. The minimum atomic E-state index is -0.201. The van der Waals surface area contributed by atoms with Gasteiger partial charge in [0.25, 0.3) is 0 Å². The predicted octanol–water partition coefficient (Wildman–Crippen LogP) is 6.52. The van der Waals surface area contributed by atoms with Gasteiger partial charge in [-0.15, -0.1) is 0 Å². The third kappa shape index (κ3) is 6.17. The number of nitrogens with zero attached hydrogens (tertiary/aromatic N) is 4. The van der Waals surface area contributed by atoms with Crippen LogP contribution in [0.1, 0.15) is 37.8 Å². The van der Waals surface area contributed by atoms with Gasteiger partial charge in [-0.25, -0.2) is 9.97 Å². The molecule has 1 aliphatic heterocycles. The van der Waals surface area contributed by atoms with Crippen LogP contribution in [-0.2, 0) is 11.4 Å². The molecule has 42 heavy (non-hydrogen) atoms. The van der Waals surface area contributed by atoms with Crippen LogP contribution in [-0.4, -0.2) is 51.5 Å². The van der Waals surface area contributed by atoms with Gasteiger partial charge in [0.05, 0.1) is 34.4 Å². The van der Waals surface area contributed by atoms with Crippen molar-refractivity contribution in [3.63, 3.8) is 0 Å². The maximum absolute atomic E-state index is 13.0. The smallest absolute Gasteiger partial charge is 0.248 e. The Kier molecular flexibility index (Phi) is 8.48. The summed E-state index contributed by atoms with van der Waals surface area (Å²) in [5.41, 5.74) is 2.72. The van der Waals surface area contributed by atoms with Gasteiger partial charge in [0.2, 0.25) is 5.91 Å². The van der Waals surface area contributed by atoms with Gasteiger partial charge in [0, 0.05) is 30.0 Å². The molecule has 1 amide bonds. The Bertz CT molecular complexity index is 1590. The molecule has 1 atom stereocenters. The van der Waals surface area contributed by atoms with E-state index in [4.69, 9.17) is 21.1 Å². The van der Waals surface area contributed by atoms with Crippen molar-refractivity contribution in [2.45, 2.75) is 50.8 Å². The molecule has 0 bridgehead atoms. The fourth-order valence-corrected chi connectivity index (χ4v) is 5.80. The molecule has 2 N–H and O–H groups in total. The third-order valence-electron chi connectivity index (χ3n) is 7.87. The summed E-state index contributed by atoms with van der Waals surface area (Å²) in [6, 6.07) is 15.7. The second-order valence-electron chi connectivity index (χ2n) is 10.5. The first-order valence-corrected chi connectivity index (χ1v) is 14.6. The lowest BCUT2D eigenvalue weighted by Crippen LogP contribution is -2.42. The van der Waals surface area contributed by atoms with Gasteiger partial charge in [-0.2, -0.15) is 0 Å². The maximum Gasteiger partial charge on any atom is 0.248 e. The standard InChI is InChI=1S/C32H33ClN6O3/c1-41-31-27(38-29(40)15-11-24-9-5-17-39(24)23-7-4-8-23)13-12-26-30(31)32(36-20-35-26)37-21-10-14-28(25(33)18-21)42-19-22-6-2-3-16-34-22/h2-3,6,10-16,18,20,23-24H,4-5,7-9,17,19H2,1H3,(H,38,40)(H,35,36,37). The van der Waals surface area contributed by atoms with Crippen LogP contribution in [0.2, 0.25) is 5.02 Å². The number of amides is 1. The van der Waals surface area contributed by atoms with Gasteiger partial charge < -0.3 is 20.1 Å². The minimum absolute atomic E-state index is 0.201. The number of carbonyl (C=O) groups is 1. The average Bonchev–Trinajstić information content (AvgIpc) is 3.43. The Morgan fingerprint density at radius 1 is 1.10 bits per heavy atom. The summed E-state index contributed by atoms with van der Waals surface area (Å²) in [7, 11) is 1.57. The zero-order chi connectivity index (χ0) is 28.9. The van der Waals surface area contributed by atoms with Crippen LogP contribution in [0.25, 0.3) is 10.9 Å². The summed E-state index contributed by atoms with van der Waals surface area (Å²) in [6.45, 7) is 1.42. The number of halogens is 1. The number of nitrogens with one attached hydrogen (secondary N) is 2. The molecular formula is C32H33ClN6O3. The number of anilines is 3. The predicted molar refractivity (Wildman–Crippen MR) is 165 cm³/mol. The van der Waals surface area contributed by atoms with E-state index in [0.29, 0.717) is 63.3 Å². The van der Waals surface area contributed by atoms with Gasteiger partial charge in [-0.3, -0.25) is 14.7 Å². The molecule has 6 rings (SSSR count). The van der Waals surface area contributed by atoms with Crippen LogP contribution in [0, 0.1) is 0 Å². The van der Waals surface area contributed by atoms with Crippen molar-refractivity contribution in [1.82, 2.24) is 19.9 Å². The van der Waals surface area contributed by atoms with Crippen molar-refractivity contribution >= 4 is 45.6 Å². The molecule has 2 aliphatic rings. The molecule has 3 heterocycles. The Labute approximate surface area is 249 Å². The minimum Gasteiger partial charge on any atom is -0.494 e. The first-order valence-electron chi connectivity index (χ1n) is 14.2. The molecule has 2 aromatic heterocycles. The monoisotopic (exact) mass is 584 g/mol. The molecule has 2 fully saturated rings. The van der Waals surface area contributed by atoms with E-state index < -0.39 is 0 Å². The number of methoxy groups -OCH3 is 1. The number of pyridine rings is 1. The maximum atomic E-state index is 13.0. The van der Waals surface area contributed by atoms with E-state index in [2.05, 4.69) is 30.5 Å². The van der Waals surface area contributed by atoms with Gasteiger partial charge in [-0.05, 0) is 74.7 Å². The summed E-state index contributed by atoms with van der Waals surface area (Å²) < 4.78 is 11.6. The van der Waals surface area contributed by atoms with E-state index in [1.807, 2.05) is 36.4 Å². The highest BCUT2D eigenvalue weighted by Gasteiger charge is 2.32. The van der Waals surface area contributed by atoms with Crippen LogP contribution in [0.15, 0.2) is 73.2 Å². The lowest BCUT2D eigenvalue weighted by atomic mass is 9.91. The molecule has 0 spiro atoms. The highest BCUT2D eigenvalue weighted by Crippen LogP contribution is 2.38. The summed E-state index contributed by atoms with van der Waals surface area (Å²) in [6.07, 6.45) is 13.0. The molecule has 2 aromatic carbocycles. The van der Waals surface area contributed by atoms with Crippen molar-refractivity contribution in [2.75, 3.05) is 24.3 Å². The molecule has 1 saturated carbocycles. The van der Waals surface area contributed by atoms with Crippen molar-refractivity contribution in [3.05, 3.63) is 83.9 Å². The second-order valence-corrected chi connectivity index (χ2v) is 10.9. The summed E-state index contributed by atoms with van der Waals surface area (Å²) in [5, 5.41) is 7.39. The van der Waals surface area contributed by atoms with E-state index in [1.165, 1.54) is 32.0 Å². The summed E-state index contributed by atoms with van der Waals surface area (Å²) in [4.78, 5) is 28.7. The highest BCUT2D eigenvalue weighted by molar-refractivity contribution is 6.32. The molecule has 1 aliphatic carbocycles. The molecule has 1 saturated heterocycles.